The van der Waals surface area contributed by atoms with Gasteiger partial charge in [-0.05, 0) is 44.9 Å². The molecule has 1 saturated carbocycles. The van der Waals surface area contributed by atoms with E-state index in [2.05, 4.69) is 0 Å². The molecule has 1 aliphatic rings. The van der Waals surface area contributed by atoms with Gasteiger partial charge in [0, 0.05) is 18.8 Å². The van der Waals surface area contributed by atoms with Gasteiger partial charge in [-0.15, -0.1) is 0 Å². The van der Waals surface area contributed by atoms with Gasteiger partial charge in [0.05, 0.1) is 24.4 Å². The van der Waals surface area contributed by atoms with Gasteiger partial charge in [-0.3, -0.25) is 4.79 Å². The van der Waals surface area contributed by atoms with Crippen molar-refractivity contribution in [3.8, 4) is 0 Å². The van der Waals surface area contributed by atoms with E-state index in [9.17, 15) is 25.2 Å². The van der Waals surface area contributed by atoms with Crippen molar-refractivity contribution in [1.29, 1.82) is 0 Å². The van der Waals surface area contributed by atoms with Gasteiger partial charge in [0.15, 0.2) is 0 Å². The van der Waals surface area contributed by atoms with E-state index in [1.807, 2.05) is 6.08 Å². The molecule has 6 heteroatoms. The Kier molecular flexibility index (Phi) is 11.0. The SMILES string of the molecule is C[C@@H](O)CCC[C@H](O)/C=C\[C@@H]1[C@@H](CCCCCCC(=O)O)[C@@H](O)C[C@H]1O. The van der Waals surface area contributed by atoms with Crippen molar-refractivity contribution in [3.05, 3.63) is 12.2 Å². The number of unbranched alkanes of at least 4 members (excludes halogenated alkanes) is 3. The molecular weight excluding hydrogens is 336 g/mol. The summed E-state index contributed by atoms with van der Waals surface area (Å²) in [6, 6.07) is 0. The van der Waals surface area contributed by atoms with Crippen LogP contribution in [-0.2, 0) is 4.79 Å². The summed E-state index contributed by atoms with van der Waals surface area (Å²) in [5.74, 6) is -0.947. The molecule has 26 heavy (non-hydrogen) atoms. The lowest BCUT2D eigenvalue weighted by Gasteiger charge is -2.21. The number of hydrogen-bond donors (Lipinski definition) is 5. The van der Waals surface area contributed by atoms with Crippen LogP contribution >= 0.6 is 0 Å². The molecule has 0 bridgehead atoms. The summed E-state index contributed by atoms with van der Waals surface area (Å²) in [7, 11) is 0. The predicted molar refractivity (Wildman–Crippen MR) is 99.6 cm³/mol. The maximum Gasteiger partial charge on any atom is 0.303 e. The molecule has 0 aromatic heterocycles. The lowest BCUT2D eigenvalue weighted by atomic mass is 9.88. The lowest BCUT2D eigenvalue weighted by molar-refractivity contribution is -0.137. The molecule has 1 rings (SSSR count). The van der Waals surface area contributed by atoms with Crippen LogP contribution < -0.4 is 0 Å². The summed E-state index contributed by atoms with van der Waals surface area (Å²) in [6.07, 6.45) is 8.10. The highest BCUT2D eigenvalue weighted by molar-refractivity contribution is 5.66. The molecule has 0 heterocycles. The number of aliphatic carboxylic acids is 1. The molecule has 1 fully saturated rings. The van der Waals surface area contributed by atoms with Gasteiger partial charge in [0.2, 0.25) is 0 Å². The summed E-state index contributed by atoms with van der Waals surface area (Å²) in [6.45, 7) is 1.73. The van der Waals surface area contributed by atoms with E-state index in [-0.39, 0.29) is 24.4 Å². The van der Waals surface area contributed by atoms with Crippen LogP contribution in [0.3, 0.4) is 0 Å². The second-order valence-electron chi connectivity index (χ2n) is 7.69. The minimum atomic E-state index is -0.767. The summed E-state index contributed by atoms with van der Waals surface area (Å²) < 4.78 is 0. The number of hydrogen-bond acceptors (Lipinski definition) is 5. The zero-order chi connectivity index (χ0) is 19.5. The number of aliphatic hydroxyl groups excluding tert-OH is 4. The molecule has 0 aromatic rings. The lowest BCUT2D eigenvalue weighted by Crippen LogP contribution is -2.21. The van der Waals surface area contributed by atoms with Crippen LogP contribution in [-0.4, -0.2) is 55.9 Å². The maximum atomic E-state index is 10.5. The summed E-state index contributed by atoms with van der Waals surface area (Å²) >= 11 is 0. The van der Waals surface area contributed by atoms with Crippen molar-refractivity contribution in [2.24, 2.45) is 11.8 Å². The number of rotatable bonds is 13. The quantitative estimate of drug-likeness (QED) is 0.250. The fourth-order valence-corrected chi connectivity index (χ4v) is 3.76. The zero-order valence-electron chi connectivity index (χ0n) is 15.8. The van der Waals surface area contributed by atoms with Crippen molar-refractivity contribution >= 4 is 5.97 Å². The third-order valence-corrected chi connectivity index (χ3v) is 5.27. The second-order valence-corrected chi connectivity index (χ2v) is 7.69. The van der Waals surface area contributed by atoms with Crippen molar-refractivity contribution in [3.63, 3.8) is 0 Å². The molecule has 5 N–H and O–H groups in total. The van der Waals surface area contributed by atoms with E-state index in [1.165, 1.54) is 0 Å². The zero-order valence-corrected chi connectivity index (χ0v) is 15.8. The molecule has 6 nitrogen and oxygen atoms in total. The molecule has 152 valence electrons. The molecule has 6 atom stereocenters. The van der Waals surface area contributed by atoms with Crippen LogP contribution in [0.2, 0.25) is 0 Å². The maximum absolute atomic E-state index is 10.5. The number of aliphatic hydroxyl groups is 4. The van der Waals surface area contributed by atoms with Crippen molar-refractivity contribution in [1.82, 2.24) is 0 Å². The average Bonchev–Trinajstić information content (AvgIpc) is 2.81. The Labute approximate surface area is 156 Å². The summed E-state index contributed by atoms with van der Waals surface area (Å²) in [5, 5.41) is 48.3. The largest absolute Gasteiger partial charge is 0.481 e. The molecule has 0 spiro atoms. The molecular formula is C20H36O6. The Morgan fingerprint density at radius 3 is 2.38 bits per heavy atom. The predicted octanol–water partition coefficient (Wildman–Crippen LogP) is 2.24. The molecule has 0 aromatic carbocycles. The van der Waals surface area contributed by atoms with Crippen LogP contribution in [0.25, 0.3) is 0 Å². The van der Waals surface area contributed by atoms with Crippen LogP contribution in [0.4, 0.5) is 0 Å². The van der Waals surface area contributed by atoms with Crippen molar-refractivity contribution in [2.45, 2.75) is 95.5 Å². The van der Waals surface area contributed by atoms with Crippen LogP contribution in [0.1, 0.15) is 71.1 Å². The van der Waals surface area contributed by atoms with E-state index in [4.69, 9.17) is 5.11 Å². The number of carbonyl (C=O) groups is 1. The van der Waals surface area contributed by atoms with Crippen molar-refractivity contribution < 1.29 is 30.3 Å². The van der Waals surface area contributed by atoms with E-state index in [0.29, 0.717) is 25.7 Å². The third-order valence-electron chi connectivity index (χ3n) is 5.27. The van der Waals surface area contributed by atoms with Crippen LogP contribution in [0.15, 0.2) is 12.2 Å². The highest BCUT2D eigenvalue weighted by Gasteiger charge is 2.39. The minimum absolute atomic E-state index is 0.0228. The molecule has 1 aliphatic carbocycles. The summed E-state index contributed by atoms with van der Waals surface area (Å²) in [5.41, 5.74) is 0. The highest BCUT2D eigenvalue weighted by atomic mass is 16.4. The monoisotopic (exact) mass is 372 g/mol. The third kappa shape index (κ3) is 9.12. The van der Waals surface area contributed by atoms with Crippen molar-refractivity contribution in [2.75, 3.05) is 0 Å². The summed E-state index contributed by atoms with van der Waals surface area (Å²) in [4.78, 5) is 10.5. The first-order valence-electron chi connectivity index (χ1n) is 9.93. The number of carboxylic acid groups (broad SMARTS) is 1. The van der Waals surface area contributed by atoms with Crippen LogP contribution in [0, 0.1) is 11.8 Å². The van der Waals surface area contributed by atoms with E-state index < -0.39 is 24.3 Å². The standard InChI is InChI=1S/C20H36O6/c1-14(21)7-6-8-15(22)11-12-17-16(18(23)13-19(17)24)9-4-2-3-5-10-20(25)26/h11-12,14-19,21-24H,2-10,13H2,1H3,(H,25,26)/b12-11-/t14-,15+,16-,17-,18+,19-/m1/s1. The molecule has 0 saturated heterocycles. The average molecular weight is 373 g/mol. The van der Waals surface area contributed by atoms with Crippen LogP contribution in [0.5, 0.6) is 0 Å². The Hall–Kier alpha value is -0.950. The van der Waals surface area contributed by atoms with Gasteiger partial charge in [-0.25, -0.2) is 0 Å². The first-order valence-corrected chi connectivity index (χ1v) is 9.93. The van der Waals surface area contributed by atoms with Gasteiger partial charge in [-0.1, -0.05) is 31.4 Å². The smallest absolute Gasteiger partial charge is 0.303 e. The first kappa shape index (κ1) is 23.1. The Balaban J connectivity index is 2.38. The fourth-order valence-electron chi connectivity index (χ4n) is 3.76. The first-order chi connectivity index (χ1) is 12.3. The molecule has 0 unspecified atom stereocenters. The topological polar surface area (TPSA) is 118 Å². The van der Waals surface area contributed by atoms with E-state index in [0.717, 1.165) is 32.1 Å². The van der Waals surface area contributed by atoms with E-state index >= 15 is 0 Å². The van der Waals surface area contributed by atoms with Gasteiger partial charge in [-0.2, -0.15) is 0 Å². The second kappa shape index (κ2) is 12.4. The van der Waals surface area contributed by atoms with Gasteiger partial charge >= 0.3 is 5.97 Å². The Morgan fingerprint density at radius 1 is 1.04 bits per heavy atom. The normalized spacial score (nSPS) is 28.5. The van der Waals surface area contributed by atoms with Gasteiger partial charge < -0.3 is 25.5 Å². The minimum Gasteiger partial charge on any atom is -0.481 e. The highest BCUT2D eigenvalue weighted by Crippen LogP contribution is 2.37. The molecule has 0 aliphatic heterocycles. The molecule has 0 amide bonds. The Bertz CT molecular complexity index is 423. The number of carboxylic acids is 1. The Morgan fingerprint density at radius 2 is 1.73 bits per heavy atom. The van der Waals surface area contributed by atoms with E-state index in [1.54, 1.807) is 13.0 Å². The fraction of sp³-hybridized carbons (Fsp3) is 0.850. The van der Waals surface area contributed by atoms with Gasteiger partial charge in [0.25, 0.3) is 0 Å². The molecule has 0 radical (unpaired) electrons. The van der Waals surface area contributed by atoms with Gasteiger partial charge in [0.1, 0.15) is 0 Å².